The third-order valence-electron chi connectivity index (χ3n) is 5.59. The maximum atomic E-state index is 13.0. The second kappa shape index (κ2) is 8.89. The molecule has 1 fully saturated rings. The fourth-order valence-corrected chi connectivity index (χ4v) is 3.82. The third-order valence-corrected chi connectivity index (χ3v) is 5.59. The van der Waals surface area contributed by atoms with Crippen LogP contribution in [0.2, 0.25) is 0 Å². The lowest BCUT2D eigenvalue weighted by atomic mass is 10.0. The first-order chi connectivity index (χ1) is 15.5. The van der Waals surface area contributed by atoms with Crippen molar-refractivity contribution in [2.45, 2.75) is 6.42 Å². The summed E-state index contributed by atoms with van der Waals surface area (Å²) in [7, 11) is 1.48. The average molecular weight is 431 g/mol. The minimum absolute atomic E-state index is 0.0952. The number of nitriles is 1. The molecule has 32 heavy (non-hydrogen) atoms. The number of aromatic amines is 1. The number of rotatable bonds is 4. The van der Waals surface area contributed by atoms with Crippen molar-refractivity contribution in [2.75, 3.05) is 33.3 Å². The number of fused-ring (bicyclic) bond motifs is 1. The Morgan fingerprint density at radius 2 is 1.78 bits per heavy atom. The number of H-pyrrole nitrogens is 1. The molecule has 2 aliphatic heterocycles. The Bertz CT molecular complexity index is 1160. The van der Waals surface area contributed by atoms with Gasteiger partial charge in [-0.05, 0) is 17.7 Å². The number of piperazine rings is 1. The predicted molar refractivity (Wildman–Crippen MR) is 115 cm³/mol. The van der Waals surface area contributed by atoms with E-state index in [1.165, 1.54) is 24.4 Å². The monoisotopic (exact) mass is 431 g/mol. The molecular weight excluding hydrogens is 410 g/mol. The second-order valence-electron chi connectivity index (χ2n) is 7.40. The summed E-state index contributed by atoms with van der Waals surface area (Å²) in [5.74, 6) is -0.922. The summed E-state index contributed by atoms with van der Waals surface area (Å²) in [5.41, 5.74) is 1.82. The van der Waals surface area contributed by atoms with E-state index in [9.17, 15) is 19.6 Å². The zero-order valence-electron chi connectivity index (χ0n) is 17.5. The Balaban J connectivity index is 1.47. The number of allylic oxidation sites excluding steroid dienone is 1. The number of amides is 2. The highest BCUT2D eigenvalue weighted by Gasteiger charge is 2.32. The highest BCUT2D eigenvalue weighted by molar-refractivity contribution is 6.43. The van der Waals surface area contributed by atoms with Gasteiger partial charge in [0.15, 0.2) is 5.71 Å². The number of ether oxygens (including phenoxy) is 1. The summed E-state index contributed by atoms with van der Waals surface area (Å²) in [6.07, 6.45) is 3.11. The first kappa shape index (κ1) is 21.1. The SMILES string of the molecule is COC1=CN=C(C#N)c2[nH]cc(C(=O)C(=O)N3CCN(C(=O)c4ccccc4)CC3)c2C1. The molecular formula is C23H21N5O4. The maximum Gasteiger partial charge on any atom is 0.295 e. The molecule has 9 nitrogen and oxygen atoms in total. The van der Waals surface area contributed by atoms with E-state index in [2.05, 4.69) is 9.98 Å². The molecule has 0 bridgehead atoms. The van der Waals surface area contributed by atoms with Crippen LogP contribution in [0.4, 0.5) is 0 Å². The van der Waals surface area contributed by atoms with Gasteiger partial charge in [-0.2, -0.15) is 5.26 Å². The summed E-state index contributed by atoms with van der Waals surface area (Å²) in [5, 5.41) is 9.37. The minimum atomic E-state index is -0.667. The first-order valence-corrected chi connectivity index (χ1v) is 10.1. The molecule has 2 amide bonds. The van der Waals surface area contributed by atoms with E-state index in [0.717, 1.165) is 0 Å². The van der Waals surface area contributed by atoms with Crippen molar-refractivity contribution in [3.05, 3.63) is 70.9 Å². The van der Waals surface area contributed by atoms with Gasteiger partial charge in [0.25, 0.3) is 17.6 Å². The van der Waals surface area contributed by atoms with Crippen molar-refractivity contribution in [1.29, 1.82) is 5.26 Å². The summed E-state index contributed by atoms with van der Waals surface area (Å²) in [4.78, 5) is 48.7. The van der Waals surface area contributed by atoms with Gasteiger partial charge in [0.2, 0.25) is 0 Å². The van der Waals surface area contributed by atoms with E-state index in [1.54, 1.807) is 29.2 Å². The average Bonchev–Trinajstić information content (AvgIpc) is 3.17. The van der Waals surface area contributed by atoms with E-state index in [0.29, 0.717) is 35.7 Å². The highest BCUT2D eigenvalue weighted by Crippen LogP contribution is 2.24. The molecule has 0 aliphatic carbocycles. The van der Waals surface area contributed by atoms with Gasteiger partial charge >= 0.3 is 0 Å². The van der Waals surface area contributed by atoms with Gasteiger partial charge in [-0.1, -0.05) is 18.2 Å². The Morgan fingerprint density at radius 1 is 1.09 bits per heavy atom. The number of nitrogens with zero attached hydrogens (tertiary/aromatic N) is 4. The van der Waals surface area contributed by atoms with Crippen molar-refractivity contribution < 1.29 is 19.1 Å². The van der Waals surface area contributed by atoms with Crippen LogP contribution >= 0.6 is 0 Å². The largest absolute Gasteiger partial charge is 0.499 e. The molecule has 0 radical (unpaired) electrons. The highest BCUT2D eigenvalue weighted by atomic mass is 16.5. The van der Waals surface area contributed by atoms with Gasteiger partial charge in [0.1, 0.15) is 11.8 Å². The van der Waals surface area contributed by atoms with Crippen LogP contribution in [0.25, 0.3) is 0 Å². The number of carbonyl (C=O) groups is 3. The van der Waals surface area contributed by atoms with Crippen LogP contribution in [-0.4, -0.2) is 71.4 Å². The zero-order valence-corrected chi connectivity index (χ0v) is 17.5. The fourth-order valence-electron chi connectivity index (χ4n) is 3.82. The molecule has 1 N–H and O–H groups in total. The number of aliphatic imine (C=N–C) groups is 1. The number of benzene rings is 1. The number of carbonyl (C=O) groups excluding carboxylic acids is 3. The van der Waals surface area contributed by atoms with Gasteiger partial charge < -0.3 is 19.5 Å². The quantitative estimate of drug-likeness (QED) is 0.582. The molecule has 4 rings (SSSR count). The van der Waals surface area contributed by atoms with E-state index < -0.39 is 11.7 Å². The molecule has 0 spiro atoms. The Morgan fingerprint density at radius 3 is 2.44 bits per heavy atom. The van der Waals surface area contributed by atoms with Crippen molar-refractivity contribution in [1.82, 2.24) is 14.8 Å². The van der Waals surface area contributed by atoms with Gasteiger partial charge in [-0.3, -0.25) is 14.4 Å². The molecule has 1 aromatic heterocycles. The van der Waals surface area contributed by atoms with Gasteiger partial charge in [0, 0.05) is 49.9 Å². The van der Waals surface area contributed by atoms with Crippen LogP contribution < -0.4 is 0 Å². The van der Waals surface area contributed by atoms with Gasteiger partial charge in [-0.25, -0.2) is 4.99 Å². The number of methoxy groups -OCH3 is 1. The molecule has 3 heterocycles. The van der Waals surface area contributed by atoms with Crippen molar-refractivity contribution >= 4 is 23.3 Å². The molecule has 9 heteroatoms. The molecule has 1 saturated heterocycles. The number of ketones is 1. The lowest BCUT2D eigenvalue weighted by molar-refractivity contribution is -0.127. The number of hydrogen-bond donors (Lipinski definition) is 1. The molecule has 162 valence electrons. The van der Waals surface area contributed by atoms with Crippen molar-refractivity contribution in [2.24, 2.45) is 4.99 Å². The first-order valence-electron chi connectivity index (χ1n) is 10.1. The van der Waals surface area contributed by atoms with Crippen LogP contribution in [0.15, 0.2) is 53.5 Å². The number of aromatic nitrogens is 1. The van der Waals surface area contributed by atoms with Crippen molar-refractivity contribution in [3.63, 3.8) is 0 Å². The predicted octanol–water partition coefficient (Wildman–Crippen LogP) is 1.54. The smallest absolute Gasteiger partial charge is 0.295 e. The maximum absolute atomic E-state index is 13.0. The van der Waals surface area contributed by atoms with Crippen LogP contribution in [0, 0.1) is 11.3 Å². The second-order valence-corrected chi connectivity index (χ2v) is 7.40. The molecule has 2 aromatic rings. The lowest BCUT2D eigenvalue weighted by Crippen LogP contribution is -2.52. The van der Waals surface area contributed by atoms with E-state index >= 15 is 0 Å². The van der Waals surface area contributed by atoms with Crippen molar-refractivity contribution in [3.8, 4) is 6.07 Å². The Labute approximate surface area is 184 Å². The van der Waals surface area contributed by atoms with Crippen LogP contribution in [0.5, 0.6) is 0 Å². The Kier molecular flexibility index (Phi) is 5.85. The molecule has 0 atom stereocenters. The topological polar surface area (TPSA) is 119 Å². The standard InChI is InChI=1S/C23H21N5O4/c1-32-16-11-17-18(14-26-20(17)19(12-24)25-13-16)21(29)23(31)28-9-7-27(8-10-28)22(30)15-5-3-2-4-6-15/h2-6,13-14,26H,7-11H2,1H3. The van der Waals surface area contributed by atoms with Crippen LogP contribution in [0.1, 0.15) is 32.0 Å². The summed E-state index contributed by atoms with van der Waals surface area (Å²) in [6, 6.07) is 11.0. The summed E-state index contributed by atoms with van der Waals surface area (Å²) >= 11 is 0. The summed E-state index contributed by atoms with van der Waals surface area (Å²) in [6.45, 7) is 1.23. The van der Waals surface area contributed by atoms with Crippen LogP contribution in [-0.2, 0) is 16.0 Å². The third kappa shape index (κ3) is 3.90. The van der Waals surface area contributed by atoms with E-state index in [4.69, 9.17) is 4.74 Å². The lowest BCUT2D eigenvalue weighted by Gasteiger charge is -2.34. The summed E-state index contributed by atoms with van der Waals surface area (Å²) < 4.78 is 5.26. The molecule has 0 saturated carbocycles. The van der Waals surface area contributed by atoms with Gasteiger partial charge in [-0.15, -0.1) is 0 Å². The molecule has 2 aliphatic rings. The van der Waals surface area contributed by atoms with E-state index in [1.807, 2.05) is 12.1 Å². The minimum Gasteiger partial charge on any atom is -0.499 e. The molecule has 1 aromatic carbocycles. The normalized spacial score (nSPS) is 15.6. The van der Waals surface area contributed by atoms with Crippen LogP contribution in [0.3, 0.4) is 0 Å². The number of Topliss-reactive ketones (excluding diaryl/α,β-unsaturated/α-hetero) is 1. The zero-order chi connectivity index (χ0) is 22.7. The number of hydrogen-bond acceptors (Lipinski definition) is 6. The Hall–Kier alpha value is -4.19. The van der Waals surface area contributed by atoms with E-state index in [-0.39, 0.29) is 36.7 Å². The molecule has 0 unspecified atom stereocenters. The van der Waals surface area contributed by atoms with Gasteiger partial charge in [0.05, 0.1) is 19.0 Å². The fraction of sp³-hybridized carbons (Fsp3) is 0.261. The number of nitrogens with one attached hydrogen (secondary N) is 1.